The van der Waals surface area contributed by atoms with Crippen LogP contribution in [0.5, 0.6) is 5.75 Å². The van der Waals surface area contributed by atoms with Gasteiger partial charge >= 0.3 is 0 Å². The van der Waals surface area contributed by atoms with Crippen molar-refractivity contribution in [3.63, 3.8) is 0 Å². The summed E-state index contributed by atoms with van der Waals surface area (Å²) < 4.78 is 6.25. The van der Waals surface area contributed by atoms with Crippen LogP contribution in [0.3, 0.4) is 0 Å². The zero-order valence-corrected chi connectivity index (χ0v) is 13.3. The first-order valence-electron chi connectivity index (χ1n) is 6.05. The van der Waals surface area contributed by atoms with E-state index in [1.54, 1.807) is 18.4 Å². The molecule has 2 rings (SSSR count). The maximum Gasteiger partial charge on any atom is 0.149 e. The largest absolute Gasteiger partial charge is 0.497 e. The topological polar surface area (TPSA) is 47.0 Å². The van der Waals surface area contributed by atoms with Gasteiger partial charge in [-0.1, -0.05) is 27.3 Å². The quantitative estimate of drug-likeness (QED) is 0.820. The zero-order chi connectivity index (χ0) is 13.7. The van der Waals surface area contributed by atoms with Gasteiger partial charge in [-0.25, -0.2) is 0 Å². The molecule has 0 aliphatic rings. The van der Waals surface area contributed by atoms with Gasteiger partial charge in [0.25, 0.3) is 0 Å². The van der Waals surface area contributed by atoms with E-state index >= 15 is 0 Å². The predicted octanol–water partition coefficient (Wildman–Crippen LogP) is 3.13. The van der Waals surface area contributed by atoms with E-state index in [1.807, 2.05) is 25.2 Å². The highest BCUT2D eigenvalue weighted by molar-refractivity contribution is 9.10. The summed E-state index contributed by atoms with van der Waals surface area (Å²) in [5.41, 5.74) is 1.02. The van der Waals surface area contributed by atoms with E-state index < -0.39 is 0 Å². The Kier molecular flexibility index (Phi) is 5.30. The predicted molar refractivity (Wildman–Crippen MR) is 81.8 cm³/mol. The number of nitrogens with zero attached hydrogens (tertiary/aromatic N) is 2. The Morgan fingerprint density at radius 1 is 1.37 bits per heavy atom. The Hall–Kier alpha value is -0.980. The van der Waals surface area contributed by atoms with Crippen molar-refractivity contribution in [2.24, 2.45) is 0 Å². The first-order valence-corrected chi connectivity index (χ1v) is 7.66. The Morgan fingerprint density at radius 2 is 2.21 bits per heavy atom. The maximum atomic E-state index is 5.24. The monoisotopic (exact) mass is 341 g/mol. The van der Waals surface area contributed by atoms with Gasteiger partial charge in [0.15, 0.2) is 0 Å². The van der Waals surface area contributed by atoms with E-state index in [4.69, 9.17) is 4.74 Å². The average molecular weight is 342 g/mol. The third-order valence-electron chi connectivity index (χ3n) is 2.69. The van der Waals surface area contributed by atoms with E-state index in [2.05, 4.69) is 31.4 Å². The summed E-state index contributed by atoms with van der Waals surface area (Å²) in [6.07, 6.45) is 2.03. The van der Waals surface area contributed by atoms with Crippen LogP contribution in [-0.4, -0.2) is 30.9 Å². The number of benzene rings is 1. The van der Waals surface area contributed by atoms with Crippen molar-refractivity contribution in [1.29, 1.82) is 0 Å². The van der Waals surface area contributed by atoms with Crippen LogP contribution in [0.1, 0.15) is 11.4 Å². The lowest BCUT2D eigenvalue weighted by atomic mass is 10.2. The number of aryl methyl sites for hydroxylation is 1. The molecule has 0 spiro atoms. The molecule has 0 amide bonds. The van der Waals surface area contributed by atoms with Gasteiger partial charge in [0.05, 0.1) is 7.11 Å². The molecule has 1 aromatic heterocycles. The van der Waals surface area contributed by atoms with Gasteiger partial charge < -0.3 is 10.1 Å². The number of methoxy groups -OCH3 is 1. The molecule has 0 radical (unpaired) electrons. The van der Waals surface area contributed by atoms with Gasteiger partial charge in [0.2, 0.25) is 0 Å². The van der Waals surface area contributed by atoms with Gasteiger partial charge in [-0.3, -0.25) is 0 Å². The van der Waals surface area contributed by atoms with Crippen molar-refractivity contribution >= 4 is 27.3 Å². The highest BCUT2D eigenvalue weighted by atomic mass is 79.9. The zero-order valence-electron chi connectivity index (χ0n) is 10.9. The summed E-state index contributed by atoms with van der Waals surface area (Å²) >= 11 is 5.18. The molecule has 102 valence electrons. The van der Waals surface area contributed by atoms with Crippen molar-refractivity contribution < 1.29 is 4.74 Å². The Labute approximate surface area is 125 Å². The minimum Gasteiger partial charge on any atom is -0.497 e. The molecule has 0 bridgehead atoms. The van der Waals surface area contributed by atoms with E-state index in [0.717, 1.165) is 45.2 Å². The summed E-state index contributed by atoms with van der Waals surface area (Å²) in [6.45, 7) is 0.998. The Balaban J connectivity index is 2.17. The van der Waals surface area contributed by atoms with Crippen molar-refractivity contribution in [3.8, 4) is 16.3 Å². The fourth-order valence-electron chi connectivity index (χ4n) is 1.68. The van der Waals surface area contributed by atoms with Gasteiger partial charge in [0, 0.05) is 16.5 Å². The van der Waals surface area contributed by atoms with Crippen LogP contribution < -0.4 is 10.1 Å². The fraction of sp³-hybridized carbons (Fsp3) is 0.385. The average Bonchev–Trinajstić information content (AvgIpc) is 2.88. The molecule has 0 saturated heterocycles. The number of rotatable bonds is 6. The highest BCUT2D eigenvalue weighted by Gasteiger charge is 2.11. The number of aromatic nitrogens is 2. The lowest BCUT2D eigenvalue weighted by Gasteiger charge is -2.03. The number of nitrogens with one attached hydrogen (secondary N) is 1. The van der Waals surface area contributed by atoms with Gasteiger partial charge in [-0.15, -0.1) is 10.2 Å². The number of hydrogen-bond acceptors (Lipinski definition) is 5. The molecular weight excluding hydrogens is 326 g/mol. The summed E-state index contributed by atoms with van der Waals surface area (Å²) in [7, 11) is 3.62. The molecule has 0 atom stereocenters. The summed E-state index contributed by atoms with van der Waals surface area (Å²) in [5, 5.41) is 13.6. The third-order valence-corrected chi connectivity index (χ3v) is 4.40. The second kappa shape index (κ2) is 6.98. The van der Waals surface area contributed by atoms with Crippen molar-refractivity contribution in [2.45, 2.75) is 12.8 Å². The van der Waals surface area contributed by atoms with E-state index in [1.165, 1.54) is 0 Å². The second-order valence-electron chi connectivity index (χ2n) is 4.05. The minimum absolute atomic E-state index is 0.824. The Bertz CT molecular complexity index is 544. The van der Waals surface area contributed by atoms with Crippen LogP contribution >= 0.6 is 27.3 Å². The normalized spacial score (nSPS) is 10.7. The van der Waals surface area contributed by atoms with Crippen LogP contribution in [0.15, 0.2) is 22.7 Å². The summed E-state index contributed by atoms with van der Waals surface area (Å²) in [4.78, 5) is 0. The standard InChI is InChI=1S/C13H16BrN3OS/c1-15-7-3-4-12-16-17-13(19-12)10-8-9(18-2)5-6-11(10)14/h5-6,8,15H,3-4,7H2,1-2H3. The molecule has 1 N–H and O–H groups in total. The molecule has 0 fully saturated rings. The molecule has 19 heavy (non-hydrogen) atoms. The van der Waals surface area contributed by atoms with E-state index in [0.29, 0.717) is 0 Å². The lowest BCUT2D eigenvalue weighted by Crippen LogP contribution is -2.08. The number of hydrogen-bond donors (Lipinski definition) is 1. The summed E-state index contributed by atoms with van der Waals surface area (Å²) in [6, 6.07) is 5.86. The molecule has 0 aliphatic carbocycles. The van der Waals surface area contributed by atoms with Crippen molar-refractivity contribution in [3.05, 3.63) is 27.7 Å². The molecule has 2 aromatic rings. The highest BCUT2D eigenvalue weighted by Crippen LogP contribution is 2.33. The fourth-order valence-corrected chi connectivity index (χ4v) is 3.15. The maximum absolute atomic E-state index is 5.24. The molecule has 4 nitrogen and oxygen atoms in total. The molecule has 0 aliphatic heterocycles. The first kappa shape index (κ1) is 14.4. The van der Waals surface area contributed by atoms with Gasteiger partial charge in [0.1, 0.15) is 15.8 Å². The van der Waals surface area contributed by atoms with Crippen LogP contribution in [0.2, 0.25) is 0 Å². The SMILES string of the molecule is CNCCCc1nnc(-c2cc(OC)ccc2Br)s1. The van der Waals surface area contributed by atoms with Crippen LogP contribution in [0.25, 0.3) is 10.6 Å². The molecule has 0 saturated carbocycles. The molecule has 1 heterocycles. The van der Waals surface area contributed by atoms with Gasteiger partial charge in [-0.2, -0.15) is 0 Å². The lowest BCUT2D eigenvalue weighted by molar-refractivity contribution is 0.415. The summed E-state index contributed by atoms with van der Waals surface area (Å²) in [5.74, 6) is 0.824. The van der Waals surface area contributed by atoms with Gasteiger partial charge in [-0.05, 0) is 38.2 Å². The van der Waals surface area contributed by atoms with Crippen molar-refractivity contribution in [2.75, 3.05) is 20.7 Å². The Morgan fingerprint density at radius 3 is 2.95 bits per heavy atom. The molecule has 0 unspecified atom stereocenters. The number of halogens is 1. The van der Waals surface area contributed by atoms with Crippen molar-refractivity contribution in [1.82, 2.24) is 15.5 Å². The molecular formula is C13H16BrN3OS. The second-order valence-corrected chi connectivity index (χ2v) is 5.97. The molecule has 6 heteroatoms. The molecule has 1 aromatic carbocycles. The third kappa shape index (κ3) is 3.75. The van der Waals surface area contributed by atoms with Crippen LogP contribution in [-0.2, 0) is 6.42 Å². The van der Waals surface area contributed by atoms with Crippen LogP contribution in [0.4, 0.5) is 0 Å². The first-order chi connectivity index (χ1) is 9.24. The van der Waals surface area contributed by atoms with E-state index in [9.17, 15) is 0 Å². The smallest absolute Gasteiger partial charge is 0.149 e. The van der Waals surface area contributed by atoms with E-state index in [-0.39, 0.29) is 0 Å². The van der Waals surface area contributed by atoms with Crippen LogP contribution in [0, 0.1) is 0 Å². The minimum atomic E-state index is 0.824. The number of ether oxygens (including phenoxy) is 1.